The highest BCUT2D eigenvalue weighted by atomic mass is 16.5. The molecule has 150 valence electrons. The van der Waals surface area contributed by atoms with Gasteiger partial charge in [-0.15, -0.1) is 0 Å². The van der Waals surface area contributed by atoms with E-state index in [0.29, 0.717) is 28.6 Å². The summed E-state index contributed by atoms with van der Waals surface area (Å²) in [5.74, 6) is 0.00979. The van der Waals surface area contributed by atoms with E-state index >= 15 is 0 Å². The minimum Gasteiger partial charge on any atom is -0.439 e. The summed E-state index contributed by atoms with van der Waals surface area (Å²) < 4.78 is 11.7. The van der Waals surface area contributed by atoms with E-state index < -0.39 is 0 Å². The van der Waals surface area contributed by atoms with Gasteiger partial charge in [-0.25, -0.2) is 0 Å². The van der Waals surface area contributed by atoms with Crippen LogP contribution >= 0.6 is 0 Å². The van der Waals surface area contributed by atoms with Crippen molar-refractivity contribution >= 4 is 22.8 Å². The standard InChI is InChI=1S/C23H24N2O4/c1-15-12-25(13-16(2)28-15)14-20(26)24-23-21(17-8-4-3-5-9-17)22(27)18-10-6-7-11-19(18)29-23/h3-11,15-16H,12-14H2,1-2H3,(H,24,26)/p+1/t15-,16-/m1/s1. The van der Waals surface area contributed by atoms with Crippen molar-refractivity contribution in [3.8, 4) is 11.1 Å². The highest BCUT2D eigenvalue weighted by Crippen LogP contribution is 2.28. The smallest absolute Gasteiger partial charge is 0.281 e. The first-order valence-electron chi connectivity index (χ1n) is 9.91. The van der Waals surface area contributed by atoms with Crippen LogP contribution in [0.3, 0.4) is 0 Å². The molecule has 0 spiro atoms. The van der Waals surface area contributed by atoms with Crippen LogP contribution in [0.2, 0.25) is 0 Å². The number of ether oxygens (including phenoxy) is 1. The van der Waals surface area contributed by atoms with Gasteiger partial charge in [0, 0.05) is 0 Å². The maximum atomic E-state index is 13.2. The van der Waals surface area contributed by atoms with Crippen LogP contribution in [-0.2, 0) is 9.53 Å². The summed E-state index contributed by atoms with van der Waals surface area (Å²) in [6.07, 6.45) is 0.222. The van der Waals surface area contributed by atoms with Gasteiger partial charge in [0.15, 0.2) is 6.54 Å². The van der Waals surface area contributed by atoms with Gasteiger partial charge in [0.05, 0.1) is 10.9 Å². The number of hydrogen-bond acceptors (Lipinski definition) is 4. The molecule has 0 aliphatic carbocycles. The summed E-state index contributed by atoms with van der Waals surface area (Å²) >= 11 is 0. The van der Waals surface area contributed by atoms with Crippen LogP contribution in [0, 0.1) is 0 Å². The summed E-state index contributed by atoms with van der Waals surface area (Å²) in [5, 5.41) is 3.34. The number of fused-ring (bicyclic) bond motifs is 1. The molecule has 2 aromatic carbocycles. The second-order valence-corrected chi connectivity index (χ2v) is 7.64. The number of morpholine rings is 1. The Morgan fingerprint density at radius 3 is 2.41 bits per heavy atom. The first kappa shape index (κ1) is 19.4. The van der Waals surface area contributed by atoms with Crippen LogP contribution in [0.25, 0.3) is 22.1 Å². The average molecular weight is 393 g/mol. The number of hydrogen-bond donors (Lipinski definition) is 2. The summed E-state index contributed by atoms with van der Waals surface area (Å²) in [7, 11) is 0. The van der Waals surface area contributed by atoms with Crippen LogP contribution in [0.15, 0.2) is 63.8 Å². The Balaban J connectivity index is 1.67. The summed E-state index contributed by atoms with van der Waals surface area (Å²) in [4.78, 5) is 27.1. The molecule has 3 aromatic rings. The molecule has 0 bridgehead atoms. The Morgan fingerprint density at radius 1 is 1.03 bits per heavy atom. The van der Waals surface area contributed by atoms with E-state index in [1.54, 1.807) is 24.3 Å². The largest absolute Gasteiger partial charge is 0.439 e. The molecule has 29 heavy (non-hydrogen) atoms. The molecule has 2 N–H and O–H groups in total. The second kappa shape index (κ2) is 8.19. The molecule has 0 saturated carbocycles. The Kier molecular flexibility index (Phi) is 5.47. The van der Waals surface area contributed by atoms with Crippen LogP contribution in [0.4, 0.5) is 5.88 Å². The van der Waals surface area contributed by atoms with Gasteiger partial charge in [0.2, 0.25) is 11.3 Å². The SMILES string of the molecule is C[C@@H]1C[NH+](CC(=O)Nc2oc3ccccc3c(=O)c2-c2ccccc2)C[C@@H](C)O1. The van der Waals surface area contributed by atoms with E-state index in [0.717, 1.165) is 18.0 Å². The van der Waals surface area contributed by atoms with E-state index in [-0.39, 0.29) is 29.4 Å². The molecule has 1 amide bonds. The van der Waals surface area contributed by atoms with Crippen LogP contribution in [0.1, 0.15) is 13.8 Å². The fraction of sp³-hybridized carbons (Fsp3) is 0.304. The molecule has 6 heteroatoms. The zero-order valence-corrected chi connectivity index (χ0v) is 16.6. The molecule has 6 nitrogen and oxygen atoms in total. The van der Waals surface area contributed by atoms with Gasteiger partial charge in [-0.3, -0.25) is 14.9 Å². The van der Waals surface area contributed by atoms with Gasteiger partial charge >= 0.3 is 0 Å². The van der Waals surface area contributed by atoms with E-state index in [1.165, 1.54) is 0 Å². The van der Waals surface area contributed by atoms with Crippen LogP contribution in [-0.4, -0.2) is 37.7 Å². The number of quaternary nitrogens is 1. The summed E-state index contributed by atoms with van der Waals surface area (Å²) in [6.45, 7) is 5.87. The summed E-state index contributed by atoms with van der Waals surface area (Å²) in [6, 6.07) is 16.4. The Hall–Kier alpha value is -2.96. The minimum atomic E-state index is -0.183. The van der Waals surface area contributed by atoms with Gasteiger partial charge in [-0.05, 0) is 31.5 Å². The quantitative estimate of drug-likeness (QED) is 0.712. The number of carbonyl (C=O) groups excluding carboxylic acids is 1. The van der Waals surface area contributed by atoms with E-state index in [1.807, 2.05) is 44.2 Å². The lowest BCUT2D eigenvalue weighted by atomic mass is 10.0. The lowest BCUT2D eigenvalue weighted by Gasteiger charge is -2.31. The van der Waals surface area contributed by atoms with E-state index in [2.05, 4.69) is 5.32 Å². The zero-order chi connectivity index (χ0) is 20.4. The predicted octanol–water partition coefficient (Wildman–Crippen LogP) is 2.09. The van der Waals surface area contributed by atoms with Crippen molar-refractivity contribution in [2.24, 2.45) is 0 Å². The summed E-state index contributed by atoms with van der Waals surface area (Å²) in [5.41, 5.74) is 1.38. The fourth-order valence-electron chi connectivity index (χ4n) is 4.03. The number of nitrogens with one attached hydrogen (secondary N) is 2. The van der Waals surface area contributed by atoms with Gasteiger partial charge in [0.25, 0.3) is 5.91 Å². The van der Waals surface area contributed by atoms with Crippen molar-refractivity contribution in [2.75, 3.05) is 25.0 Å². The highest BCUT2D eigenvalue weighted by molar-refractivity contribution is 5.96. The Morgan fingerprint density at radius 2 is 1.69 bits per heavy atom. The normalized spacial score (nSPS) is 21.8. The van der Waals surface area contributed by atoms with E-state index in [4.69, 9.17) is 9.15 Å². The molecule has 0 radical (unpaired) electrons. The van der Waals surface area contributed by atoms with Crippen molar-refractivity contribution in [1.29, 1.82) is 0 Å². The van der Waals surface area contributed by atoms with E-state index in [9.17, 15) is 9.59 Å². The molecule has 2 heterocycles. The molecule has 2 atom stereocenters. The molecule has 0 unspecified atom stereocenters. The van der Waals surface area contributed by atoms with Crippen molar-refractivity contribution in [2.45, 2.75) is 26.1 Å². The third-order valence-corrected chi connectivity index (χ3v) is 5.14. The van der Waals surface area contributed by atoms with Gasteiger partial charge in [-0.1, -0.05) is 42.5 Å². The second-order valence-electron chi connectivity index (χ2n) is 7.64. The first-order chi connectivity index (χ1) is 14.0. The lowest BCUT2D eigenvalue weighted by molar-refractivity contribution is -0.907. The monoisotopic (exact) mass is 393 g/mol. The maximum absolute atomic E-state index is 13.2. The molecule has 4 rings (SSSR count). The third kappa shape index (κ3) is 4.23. The lowest BCUT2D eigenvalue weighted by Crippen LogP contribution is -3.16. The number of rotatable bonds is 4. The highest BCUT2D eigenvalue weighted by Gasteiger charge is 2.28. The molecule has 1 aliphatic rings. The van der Waals surface area contributed by atoms with Gasteiger partial charge in [-0.2, -0.15) is 0 Å². The minimum absolute atomic E-state index is 0.111. The van der Waals surface area contributed by atoms with Gasteiger partial charge < -0.3 is 14.1 Å². The van der Waals surface area contributed by atoms with Crippen LogP contribution in [0.5, 0.6) is 0 Å². The van der Waals surface area contributed by atoms with Crippen molar-refractivity contribution in [3.05, 3.63) is 64.8 Å². The number of amides is 1. The fourth-order valence-corrected chi connectivity index (χ4v) is 4.03. The maximum Gasteiger partial charge on any atom is 0.281 e. The molecule has 1 aromatic heterocycles. The van der Waals surface area contributed by atoms with Crippen molar-refractivity contribution in [1.82, 2.24) is 0 Å². The number of benzene rings is 2. The Labute approximate surface area is 169 Å². The van der Waals surface area contributed by atoms with Crippen LogP contribution < -0.4 is 15.6 Å². The number of para-hydroxylation sites is 1. The van der Waals surface area contributed by atoms with Crippen molar-refractivity contribution in [3.63, 3.8) is 0 Å². The number of carbonyl (C=O) groups is 1. The average Bonchev–Trinajstić information content (AvgIpc) is 2.68. The Bertz CT molecular complexity index is 1070. The molecule has 1 saturated heterocycles. The number of anilines is 1. The topological polar surface area (TPSA) is 73.0 Å². The molecule has 1 aliphatic heterocycles. The molecular formula is C23H25N2O4+. The predicted molar refractivity (Wildman–Crippen MR) is 112 cm³/mol. The third-order valence-electron chi connectivity index (χ3n) is 5.14. The molecule has 1 fully saturated rings. The van der Waals surface area contributed by atoms with Gasteiger partial charge in [0.1, 0.15) is 30.9 Å². The molecular weight excluding hydrogens is 368 g/mol. The first-order valence-corrected chi connectivity index (χ1v) is 9.91. The van der Waals surface area contributed by atoms with Crippen molar-refractivity contribution < 1.29 is 18.8 Å². The zero-order valence-electron chi connectivity index (χ0n) is 16.6.